The van der Waals surface area contributed by atoms with Gasteiger partial charge >= 0.3 is 6.03 Å². The number of amides is 4. The normalized spacial score (nSPS) is 24.4. The molecule has 8 nitrogen and oxygen atoms in total. The van der Waals surface area contributed by atoms with Gasteiger partial charge in [0.05, 0.1) is 0 Å². The first-order chi connectivity index (χ1) is 14.4. The highest BCUT2D eigenvalue weighted by molar-refractivity contribution is 6.02. The first-order valence-electron chi connectivity index (χ1n) is 9.88. The average Bonchev–Trinajstić information content (AvgIpc) is 2.70. The standard InChI is InChI=1S/C22H24N4O4/c1-22-13-16(15-9-5-6-10-17(15)30-22)18(19(23)27)20(28)26(22)12-11-24-21(29)25-14-7-3-2-4-8-14/h2-10,16,18H,11-13H2,1H3,(H2,23,27)(H2,24,25,29)/t16-,18-,22-/m0/s1. The SMILES string of the molecule is C[C@@]12C[C@@H](c3ccccc3O1)[C@@H](C(N)=O)C(=O)N2CCNC(=O)Nc1ccccc1. The average molecular weight is 408 g/mol. The third-order valence-electron chi connectivity index (χ3n) is 5.71. The number of ether oxygens (including phenoxy) is 1. The zero-order valence-corrected chi connectivity index (χ0v) is 16.6. The molecule has 30 heavy (non-hydrogen) atoms. The van der Waals surface area contributed by atoms with E-state index in [9.17, 15) is 14.4 Å². The summed E-state index contributed by atoms with van der Waals surface area (Å²) in [6, 6.07) is 16.1. The van der Waals surface area contributed by atoms with Gasteiger partial charge in [-0.25, -0.2) is 4.79 Å². The van der Waals surface area contributed by atoms with Gasteiger partial charge in [-0.15, -0.1) is 0 Å². The number of fused-ring (bicyclic) bond motifs is 4. The summed E-state index contributed by atoms with van der Waals surface area (Å²) in [6.45, 7) is 2.21. The van der Waals surface area contributed by atoms with Gasteiger partial charge in [-0.05, 0) is 30.7 Å². The Morgan fingerprint density at radius 1 is 1.17 bits per heavy atom. The Morgan fingerprint density at radius 3 is 2.60 bits per heavy atom. The van der Waals surface area contributed by atoms with E-state index in [0.717, 1.165) is 5.56 Å². The molecule has 8 heteroatoms. The van der Waals surface area contributed by atoms with Gasteiger partial charge in [0.1, 0.15) is 11.7 Å². The number of hydrogen-bond acceptors (Lipinski definition) is 4. The number of para-hydroxylation sites is 2. The first kappa shape index (κ1) is 19.8. The summed E-state index contributed by atoms with van der Waals surface area (Å²) in [4.78, 5) is 39.0. The Balaban J connectivity index is 1.48. The van der Waals surface area contributed by atoms with Gasteiger partial charge in [-0.1, -0.05) is 36.4 Å². The lowest BCUT2D eigenvalue weighted by molar-refractivity contribution is -0.175. The van der Waals surface area contributed by atoms with Crippen LogP contribution >= 0.6 is 0 Å². The number of carbonyl (C=O) groups excluding carboxylic acids is 3. The third-order valence-corrected chi connectivity index (χ3v) is 5.71. The smallest absolute Gasteiger partial charge is 0.319 e. The van der Waals surface area contributed by atoms with Crippen LogP contribution in [0.4, 0.5) is 10.5 Å². The van der Waals surface area contributed by atoms with Crippen molar-refractivity contribution in [2.24, 2.45) is 11.7 Å². The van der Waals surface area contributed by atoms with Crippen molar-refractivity contribution in [2.75, 3.05) is 18.4 Å². The van der Waals surface area contributed by atoms with Crippen LogP contribution in [-0.2, 0) is 9.59 Å². The molecule has 0 saturated carbocycles. The van der Waals surface area contributed by atoms with Crippen molar-refractivity contribution in [3.05, 3.63) is 60.2 Å². The van der Waals surface area contributed by atoms with Gasteiger partial charge in [0.15, 0.2) is 5.72 Å². The van der Waals surface area contributed by atoms with Gasteiger partial charge in [0.25, 0.3) is 0 Å². The van der Waals surface area contributed by atoms with Crippen LogP contribution in [0.15, 0.2) is 54.6 Å². The molecule has 1 saturated heterocycles. The van der Waals surface area contributed by atoms with Gasteiger partial charge in [-0.3, -0.25) is 9.59 Å². The number of likely N-dealkylation sites (tertiary alicyclic amines) is 1. The zero-order chi connectivity index (χ0) is 21.3. The minimum Gasteiger partial charge on any atom is -0.468 e. The van der Waals surface area contributed by atoms with Crippen molar-refractivity contribution in [1.82, 2.24) is 10.2 Å². The predicted molar refractivity (Wildman–Crippen MR) is 111 cm³/mol. The molecule has 156 valence electrons. The maximum atomic E-state index is 13.2. The molecule has 2 aliphatic heterocycles. The number of hydrogen-bond donors (Lipinski definition) is 3. The van der Waals surface area contributed by atoms with Gasteiger partial charge < -0.3 is 26.0 Å². The number of nitrogens with two attached hydrogens (primary N) is 1. The Bertz CT molecular complexity index is 980. The van der Waals surface area contributed by atoms with Gasteiger partial charge in [0.2, 0.25) is 11.8 Å². The number of benzene rings is 2. The summed E-state index contributed by atoms with van der Waals surface area (Å²) in [6.07, 6.45) is 0.458. The van der Waals surface area contributed by atoms with Crippen molar-refractivity contribution in [3.8, 4) is 5.75 Å². The van der Waals surface area contributed by atoms with Crippen LogP contribution in [0.5, 0.6) is 5.75 Å². The fraction of sp³-hybridized carbons (Fsp3) is 0.318. The van der Waals surface area contributed by atoms with E-state index < -0.39 is 17.6 Å². The van der Waals surface area contributed by atoms with Crippen molar-refractivity contribution in [2.45, 2.75) is 25.0 Å². The second-order valence-electron chi connectivity index (χ2n) is 7.74. The molecule has 4 amide bonds. The van der Waals surface area contributed by atoms with Crippen LogP contribution in [0.3, 0.4) is 0 Å². The largest absolute Gasteiger partial charge is 0.468 e. The Hall–Kier alpha value is -3.55. The molecule has 0 spiro atoms. The zero-order valence-electron chi connectivity index (χ0n) is 16.6. The monoisotopic (exact) mass is 408 g/mol. The first-order valence-corrected chi connectivity index (χ1v) is 9.88. The minimum atomic E-state index is -0.957. The van der Waals surface area contributed by atoms with Crippen LogP contribution in [0, 0.1) is 5.92 Å². The van der Waals surface area contributed by atoms with E-state index in [1.807, 2.05) is 49.4 Å². The maximum absolute atomic E-state index is 13.2. The Kier molecular flexibility index (Phi) is 5.07. The molecular formula is C22H24N4O4. The van der Waals surface area contributed by atoms with Crippen LogP contribution < -0.4 is 21.1 Å². The van der Waals surface area contributed by atoms with Crippen LogP contribution in [0.25, 0.3) is 0 Å². The number of carbonyl (C=O) groups is 3. The van der Waals surface area contributed by atoms with Crippen molar-refractivity contribution in [3.63, 3.8) is 0 Å². The fourth-order valence-electron chi connectivity index (χ4n) is 4.36. The summed E-state index contributed by atoms with van der Waals surface area (Å²) in [7, 11) is 0. The van der Waals surface area contributed by atoms with Gasteiger partial charge in [-0.2, -0.15) is 0 Å². The van der Waals surface area contributed by atoms with Crippen molar-refractivity contribution < 1.29 is 19.1 Å². The number of rotatable bonds is 5. The van der Waals surface area contributed by atoms with Crippen molar-refractivity contribution >= 4 is 23.5 Å². The minimum absolute atomic E-state index is 0.191. The summed E-state index contributed by atoms with van der Waals surface area (Å²) in [5, 5.41) is 5.46. The number of anilines is 1. The molecule has 0 aliphatic carbocycles. The predicted octanol–water partition coefficient (Wildman–Crippen LogP) is 2.03. The van der Waals surface area contributed by atoms with E-state index >= 15 is 0 Å². The van der Waals surface area contributed by atoms with E-state index in [1.54, 1.807) is 12.1 Å². The molecule has 4 N–H and O–H groups in total. The highest BCUT2D eigenvalue weighted by Crippen LogP contribution is 2.49. The topological polar surface area (TPSA) is 114 Å². The molecule has 0 aromatic heterocycles. The Morgan fingerprint density at radius 2 is 1.87 bits per heavy atom. The van der Waals surface area contributed by atoms with Gasteiger partial charge in [0, 0.05) is 31.1 Å². The number of nitrogens with one attached hydrogen (secondary N) is 2. The van der Waals surface area contributed by atoms with Crippen LogP contribution in [0.2, 0.25) is 0 Å². The molecule has 0 radical (unpaired) electrons. The van der Waals surface area contributed by atoms with Crippen molar-refractivity contribution in [1.29, 1.82) is 0 Å². The molecule has 2 heterocycles. The quantitative estimate of drug-likeness (QED) is 0.657. The van der Waals surface area contributed by atoms with E-state index in [4.69, 9.17) is 10.5 Å². The summed E-state index contributed by atoms with van der Waals surface area (Å²) in [5.74, 6) is -1.66. The number of piperidine rings is 1. The number of primary amides is 1. The lowest BCUT2D eigenvalue weighted by Gasteiger charge is -2.52. The summed E-state index contributed by atoms with van der Waals surface area (Å²) >= 11 is 0. The lowest BCUT2D eigenvalue weighted by atomic mass is 9.73. The fourth-order valence-corrected chi connectivity index (χ4v) is 4.36. The van der Waals surface area contributed by atoms with E-state index in [2.05, 4.69) is 10.6 Å². The molecule has 2 aliphatic rings. The molecule has 4 rings (SSSR count). The molecule has 2 aromatic rings. The molecule has 3 atom stereocenters. The summed E-state index contributed by atoms with van der Waals surface area (Å²) in [5.41, 5.74) is 6.19. The molecule has 2 bridgehead atoms. The van der Waals surface area contributed by atoms with E-state index in [-0.39, 0.29) is 30.9 Å². The van der Waals surface area contributed by atoms with Crippen LogP contribution in [0.1, 0.15) is 24.8 Å². The van der Waals surface area contributed by atoms with Crippen LogP contribution in [-0.4, -0.2) is 41.6 Å². The van der Waals surface area contributed by atoms with E-state index in [0.29, 0.717) is 17.9 Å². The second kappa shape index (κ2) is 7.70. The molecule has 1 fully saturated rings. The number of nitrogens with zero attached hydrogens (tertiary/aromatic N) is 1. The third kappa shape index (κ3) is 3.56. The summed E-state index contributed by atoms with van der Waals surface area (Å²) < 4.78 is 6.18. The highest BCUT2D eigenvalue weighted by Gasteiger charge is 2.55. The molecule has 0 unspecified atom stereocenters. The molecule has 2 aromatic carbocycles. The Labute approximate surface area is 174 Å². The second-order valence-corrected chi connectivity index (χ2v) is 7.74. The van der Waals surface area contributed by atoms with E-state index in [1.165, 1.54) is 4.90 Å². The highest BCUT2D eigenvalue weighted by atomic mass is 16.5. The maximum Gasteiger partial charge on any atom is 0.319 e. The number of urea groups is 1. The molecular weight excluding hydrogens is 384 g/mol. The lowest BCUT2D eigenvalue weighted by Crippen LogP contribution is -2.65.